The molecule has 0 radical (unpaired) electrons. The first-order valence-corrected chi connectivity index (χ1v) is 6.99. The van der Waals surface area contributed by atoms with Gasteiger partial charge in [-0.05, 0) is 43.0 Å². The predicted molar refractivity (Wildman–Crippen MR) is 74.4 cm³/mol. The molecule has 0 spiro atoms. The zero-order valence-corrected chi connectivity index (χ0v) is 12.1. The molecule has 2 nitrogen and oxygen atoms in total. The lowest BCUT2D eigenvalue weighted by Gasteiger charge is -2.35. The Morgan fingerprint density at radius 2 is 1.88 bits per heavy atom. The van der Waals surface area contributed by atoms with Gasteiger partial charge in [-0.3, -0.25) is 0 Å². The van der Waals surface area contributed by atoms with Gasteiger partial charge in [0.2, 0.25) is 0 Å². The first kappa shape index (κ1) is 12.9. The van der Waals surface area contributed by atoms with Crippen LogP contribution in [0, 0.1) is 6.92 Å². The van der Waals surface area contributed by atoms with Crippen molar-refractivity contribution in [1.29, 1.82) is 0 Å². The summed E-state index contributed by atoms with van der Waals surface area (Å²) in [6, 6.07) is 4.21. The number of aryl methyl sites for hydroxylation is 1. The van der Waals surface area contributed by atoms with Gasteiger partial charge in [-0.2, -0.15) is 0 Å². The minimum Gasteiger partial charge on any atom is -0.496 e. The molecule has 1 aromatic carbocycles. The molecule has 1 aromatic rings. The Kier molecular flexibility index (Phi) is 3.79. The van der Waals surface area contributed by atoms with Crippen LogP contribution < -0.4 is 10.5 Å². The van der Waals surface area contributed by atoms with E-state index in [2.05, 4.69) is 35.0 Å². The zero-order chi connectivity index (χ0) is 12.5. The van der Waals surface area contributed by atoms with Gasteiger partial charge in [0, 0.05) is 10.0 Å². The van der Waals surface area contributed by atoms with E-state index >= 15 is 0 Å². The maximum absolute atomic E-state index is 6.57. The zero-order valence-electron chi connectivity index (χ0n) is 10.6. The van der Waals surface area contributed by atoms with Crippen molar-refractivity contribution in [2.45, 2.75) is 44.6 Å². The molecule has 1 fully saturated rings. The summed E-state index contributed by atoms with van der Waals surface area (Å²) < 4.78 is 6.51. The fourth-order valence-corrected chi connectivity index (χ4v) is 3.56. The van der Waals surface area contributed by atoms with Gasteiger partial charge in [0.25, 0.3) is 0 Å². The first-order valence-electron chi connectivity index (χ1n) is 6.20. The van der Waals surface area contributed by atoms with E-state index in [9.17, 15) is 0 Å². The van der Waals surface area contributed by atoms with E-state index in [0.29, 0.717) is 0 Å². The molecule has 0 unspecified atom stereocenters. The number of benzene rings is 1. The molecular formula is C14H20BrNO. The lowest BCUT2D eigenvalue weighted by atomic mass is 9.77. The molecule has 1 aliphatic carbocycles. The van der Waals surface area contributed by atoms with Crippen molar-refractivity contribution >= 4 is 15.9 Å². The standard InChI is InChI=1S/C14H20BrNO/c1-10-8-12(15)11(9-13(10)17-2)14(16)6-4-3-5-7-14/h8-9H,3-7,16H2,1-2H3. The molecule has 0 aliphatic heterocycles. The second-order valence-corrected chi connectivity index (χ2v) is 5.87. The van der Waals surface area contributed by atoms with Crippen LogP contribution in [0.15, 0.2) is 16.6 Å². The third kappa shape index (κ3) is 2.50. The van der Waals surface area contributed by atoms with Crippen LogP contribution in [-0.2, 0) is 5.54 Å². The van der Waals surface area contributed by atoms with Crippen LogP contribution in [0.2, 0.25) is 0 Å². The molecule has 1 aliphatic rings. The highest BCUT2D eigenvalue weighted by Gasteiger charge is 2.31. The average molecular weight is 298 g/mol. The molecule has 0 saturated heterocycles. The molecule has 2 rings (SSSR count). The van der Waals surface area contributed by atoms with Gasteiger partial charge in [-0.1, -0.05) is 35.2 Å². The Morgan fingerprint density at radius 3 is 2.47 bits per heavy atom. The first-order chi connectivity index (χ1) is 8.07. The normalized spacial score (nSPS) is 19.1. The van der Waals surface area contributed by atoms with Crippen LogP contribution in [0.25, 0.3) is 0 Å². The van der Waals surface area contributed by atoms with Crippen LogP contribution in [0.5, 0.6) is 5.75 Å². The van der Waals surface area contributed by atoms with Crippen LogP contribution in [0.4, 0.5) is 0 Å². The fraction of sp³-hybridized carbons (Fsp3) is 0.571. The minimum absolute atomic E-state index is 0.182. The maximum Gasteiger partial charge on any atom is 0.122 e. The maximum atomic E-state index is 6.57. The minimum atomic E-state index is -0.182. The molecule has 3 heteroatoms. The fourth-order valence-electron chi connectivity index (χ4n) is 2.71. The van der Waals surface area contributed by atoms with Crippen molar-refractivity contribution in [3.63, 3.8) is 0 Å². The molecular weight excluding hydrogens is 278 g/mol. The molecule has 0 heterocycles. The summed E-state index contributed by atoms with van der Waals surface area (Å²) in [5.41, 5.74) is 8.72. The molecule has 17 heavy (non-hydrogen) atoms. The number of hydrogen-bond donors (Lipinski definition) is 1. The smallest absolute Gasteiger partial charge is 0.122 e. The van der Waals surface area contributed by atoms with Crippen LogP contribution in [-0.4, -0.2) is 7.11 Å². The van der Waals surface area contributed by atoms with Gasteiger partial charge in [-0.25, -0.2) is 0 Å². The summed E-state index contributed by atoms with van der Waals surface area (Å²) in [5, 5.41) is 0. The highest BCUT2D eigenvalue weighted by atomic mass is 79.9. The molecule has 0 amide bonds. The monoisotopic (exact) mass is 297 g/mol. The van der Waals surface area contributed by atoms with Crippen molar-refractivity contribution in [3.05, 3.63) is 27.7 Å². The summed E-state index contributed by atoms with van der Waals surface area (Å²) in [7, 11) is 1.71. The molecule has 2 N–H and O–H groups in total. The van der Waals surface area contributed by atoms with Crippen molar-refractivity contribution in [2.75, 3.05) is 7.11 Å². The third-order valence-corrected chi connectivity index (χ3v) is 4.42. The summed E-state index contributed by atoms with van der Waals surface area (Å²) in [6.45, 7) is 2.05. The van der Waals surface area contributed by atoms with Crippen molar-refractivity contribution in [2.24, 2.45) is 5.73 Å². The summed E-state index contributed by atoms with van der Waals surface area (Å²) in [4.78, 5) is 0. The van der Waals surface area contributed by atoms with Gasteiger partial charge in [0.05, 0.1) is 7.11 Å². The number of halogens is 1. The quantitative estimate of drug-likeness (QED) is 0.899. The Labute approximate surface area is 112 Å². The number of hydrogen-bond acceptors (Lipinski definition) is 2. The van der Waals surface area contributed by atoms with E-state index in [1.54, 1.807) is 7.11 Å². The number of rotatable bonds is 2. The van der Waals surface area contributed by atoms with Gasteiger partial charge in [0.15, 0.2) is 0 Å². The van der Waals surface area contributed by atoms with Crippen molar-refractivity contribution in [3.8, 4) is 5.75 Å². The van der Waals surface area contributed by atoms with Gasteiger partial charge < -0.3 is 10.5 Å². The largest absolute Gasteiger partial charge is 0.496 e. The number of ether oxygens (including phenoxy) is 1. The van der Waals surface area contributed by atoms with Crippen molar-refractivity contribution < 1.29 is 4.74 Å². The molecule has 94 valence electrons. The van der Waals surface area contributed by atoms with E-state index in [0.717, 1.165) is 28.6 Å². The lowest BCUT2D eigenvalue weighted by Crippen LogP contribution is -2.39. The Hall–Kier alpha value is -0.540. The second-order valence-electron chi connectivity index (χ2n) is 5.02. The number of nitrogens with two attached hydrogens (primary N) is 1. The van der Waals surface area contributed by atoms with E-state index in [1.807, 2.05) is 0 Å². The summed E-state index contributed by atoms with van der Waals surface area (Å²) in [5.74, 6) is 0.929. The van der Waals surface area contributed by atoms with E-state index in [1.165, 1.54) is 24.8 Å². The van der Waals surface area contributed by atoms with E-state index in [4.69, 9.17) is 10.5 Å². The Morgan fingerprint density at radius 1 is 1.24 bits per heavy atom. The summed E-state index contributed by atoms with van der Waals surface area (Å²) in [6.07, 6.45) is 5.88. The Balaban J connectivity index is 2.43. The topological polar surface area (TPSA) is 35.2 Å². The highest BCUT2D eigenvalue weighted by Crippen LogP contribution is 2.40. The number of methoxy groups -OCH3 is 1. The molecule has 0 bridgehead atoms. The molecule has 1 saturated carbocycles. The van der Waals surface area contributed by atoms with Gasteiger partial charge in [-0.15, -0.1) is 0 Å². The average Bonchev–Trinajstić information content (AvgIpc) is 2.30. The second kappa shape index (κ2) is 4.99. The third-order valence-electron chi connectivity index (χ3n) is 3.77. The summed E-state index contributed by atoms with van der Waals surface area (Å²) >= 11 is 3.65. The van der Waals surface area contributed by atoms with E-state index in [-0.39, 0.29) is 5.54 Å². The predicted octanol–water partition coefficient (Wildman–Crippen LogP) is 3.88. The molecule has 0 aromatic heterocycles. The van der Waals surface area contributed by atoms with Crippen LogP contribution in [0.3, 0.4) is 0 Å². The Bertz CT molecular complexity index is 411. The van der Waals surface area contributed by atoms with Crippen LogP contribution in [0.1, 0.15) is 43.2 Å². The van der Waals surface area contributed by atoms with E-state index < -0.39 is 0 Å². The lowest BCUT2D eigenvalue weighted by molar-refractivity contribution is 0.299. The van der Waals surface area contributed by atoms with Crippen LogP contribution >= 0.6 is 15.9 Å². The highest BCUT2D eigenvalue weighted by molar-refractivity contribution is 9.10. The molecule has 0 atom stereocenters. The SMILES string of the molecule is COc1cc(C2(N)CCCCC2)c(Br)cc1C. The van der Waals surface area contributed by atoms with Crippen molar-refractivity contribution in [1.82, 2.24) is 0 Å². The van der Waals surface area contributed by atoms with Gasteiger partial charge >= 0.3 is 0 Å². The van der Waals surface area contributed by atoms with Gasteiger partial charge in [0.1, 0.15) is 5.75 Å².